The molecule has 1 aromatic heterocycles. The van der Waals surface area contributed by atoms with Crippen molar-refractivity contribution in [1.82, 2.24) is 0 Å². The van der Waals surface area contributed by atoms with Gasteiger partial charge in [-0.2, -0.15) is 0 Å². The smallest absolute Gasteiger partial charge is 0.312 e. The molecule has 3 aromatic carbocycles. The molecular formula is C28H24O8. The molecule has 0 radical (unpaired) electrons. The summed E-state index contributed by atoms with van der Waals surface area (Å²) in [6.45, 7) is 0. The van der Waals surface area contributed by atoms with Gasteiger partial charge in [-0.25, -0.2) is 0 Å². The van der Waals surface area contributed by atoms with Gasteiger partial charge in [0.15, 0.2) is 0 Å². The number of carbonyl (C=O) groups excluding carboxylic acids is 1. The van der Waals surface area contributed by atoms with Crippen LogP contribution in [0.15, 0.2) is 64.0 Å². The van der Waals surface area contributed by atoms with Crippen molar-refractivity contribution >= 4 is 16.9 Å². The van der Waals surface area contributed by atoms with E-state index in [-0.39, 0.29) is 28.7 Å². The van der Waals surface area contributed by atoms with Crippen LogP contribution in [-0.2, 0) is 4.79 Å². The summed E-state index contributed by atoms with van der Waals surface area (Å²) in [5.74, 6) is 1.47. The maximum Gasteiger partial charge on any atom is 0.312 e. The van der Waals surface area contributed by atoms with Crippen molar-refractivity contribution in [2.24, 2.45) is 0 Å². The van der Waals surface area contributed by atoms with Crippen LogP contribution in [0.2, 0.25) is 0 Å². The Hall–Kier alpha value is -4.46. The van der Waals surface area contributed by atoms with Gasteiger partial charge in [0.25, 0.3) is 0 Å². The molecule has 8 nitrogen and oxygen atoms in total. The summed E-state index contributed by atoms with van der Waals surface area (Å²) in [6, 6.07) is 14.1. The Morgan fingerprint density at radius 3 is 2.17 bits per heavy atom. The van der Waals surface area contributed by atoms with E-state index in [1.807, 2.05) is 6.07 Å². The molecule has 0 N–H and O–H groups in total. The van der Waals surface area contributed by atoms with E-state index in [1.165, 1.54) is 13.4 Å². The minimum Gasteiger partial charge on any atom is -0.497 e. The molecule has 36 heavy (non-hydrogen) atoms. The molecule has 0 spiro atoms. The van der Waals surface area contributed by atoms with Crippen LogP contribution in [0.4, 0.5) is 0 Å². The standard InChI is InChI=1S/C28H24O8/c1-31-16-7-5-15(6-8-16)20-14-35-28-25-19(18-10-9-17(32-2)11-21(18)33-3)12-24(29)36-23(25)13-22(34-4)26(28)27(20)30/h5-11,13-14,19H,12H2,1-4H3/t19-/m0/s1. The van der Waals surface area contributed by atoms with Crippen LogP contribution in [0.25, 0.3) is 22.1 Å². The summed E-state index contributed by atoms with van der Waals surface area (Å²) in [5.41, 5.74) is 2.39. The topological polar surface area (TPSA) is 93.4 Å². The van der Waals surface area contributed by atoms with Gasteiger partial charge in [0.1, 0.15) is 46.0 Å². The molecule has 0 aliphatic carbocycles. The summed E-state index contributed by atoms with van der Waals surface area (Å²) in [7, 11) is 6.15. The highest BCUT2D eigenvalue weighted by molar-refractivity contribution is 5.94. The maximum atomic E-state index is 13.7. The molecule has 4 aromatic rings. The fourth-order valence-electron chi connectivity index (χ4n) is 4.62. The third kappa shape index (κ3) is 3.80. The molecule has 0 saturated heterocycles. The van der Waals surface area contributed by atoms with Crippen LogP contribution >= 0.6 is 0 Å². The average Bonchev–Trinajstić information content (AvgIpc) is 2.91. The number of fused-ring (bicyclic) bond motifs is 3. The van der Waals surface area contributed by atoms with Crippen LogP contribution < -0.4 is 29.1 Å². The van der Waals surface area contributed by atoms with E-state index in [0.717, 1.165) is 5.56 Å². The Balaban J connectivity index is 1.76. The van der Waals surface area contributed by atoms with E-state index in [2.05, 4.69) is 0 Å². The van der Waals surface area contributed by atoms with Crippen molar-refractivity contribution in [3.05, 3.63) is 76.1 Å². The summed E-state index contributed by atoms with van der Waals surface area (Å²) < 4.78 is 33.4. The van der Waals surface area contributed by atoms with E-state index in [9.17, 15) is 9.59 Å². The molecule has 8 heteroatoms. The zero-order valence-electron chi connectivity index (χ0n) is 20.2. The van der Waals surface area contributed by atoms with Gasteiger partial charge in [0.2, 0.25) is 5.43 Å². The molecule has 1 aliphatic heterocycles. The zero-order chi connectivity index (χ0) is 25.4. The second-order valence-electron chi connectivity index (χ2n) is 8.24. The normalized spacial score (nSPS) is 14.7. The zero-order valence-corrected chi connectivity index (χ0v) is 20.2. The second kappa shape index (κ2) is 9.30. The Kier molecular flexibility index (Phi) is 6.01. The lowest BCUT2D eigenvalue weighted by atomic mass is 9.84. The predicted molar refractivity (Wildman–Crippen MR) is 133 cm³/mol. The van der Waals surface area contributed by atoms with Gasteiger partial charge < -0.3 is 28.1 Å². The molecule has 184 valence electrons. The third-order valence-corrected chi connectivity index (χ3v) is 6.39. The van der Waals surface area contributed by atoms with Crippen LogP contribution in [0.5, 0.6) is 28.7 Å². The van der Waals surface area contributed by atoms with Crippen molar-refractivity contribution in [2.75, 3.05) is 28.4 Å². The Morgan fingerprint density at radius 1 is 0.806 bits per heavy atom. The Labute approximate surface area is 206 Å². The van der Waals surface area contributed by atoms with Gasteiger partial charge in [-0.05, 0) is 23.8 Å². The molecule has 0 fully saturated rings. The highest BCUT2D eigenvalue weighted by atomic mass is 16.5. The molecule has 0 amide bonds. The lowest BCUT2D eigenvalue weighted by Gasteiger charge is -2.27. The Bertz CT molecular complexity index is 1520. The number of methoxy groups -OCH3 is 4. The number of ether oxygens (including phenoxy) is 5. The lowest BCUT2D eigenvalue weighted by molar-refractivity contribution is -0.135. The average molecular weight is 488 g/mol. The number of carbonyl (C=O) groups is 1. The van der Waals surface area contributed by atoms with Crippen LogP contribution in [0.3, 0.4) is 0 Å². The van der Waals surface area contributed by atoms with Crippen LogP contribution in [0, 0.1) is 0 Å². The van der Waals surface area contributed by atoms with Crippen molar-refractivity contribution in [1.29, 1.82) is 0 Å². The van der Waals surface area contributed by atoms with E-state index < -0.39 is 11.9 Å². The summed E-state index contributed by atoms with van der Waals surface area (Å²) in [6.07, 6.45) is 1.46. The summed E-state index contributed by atoms with van der Waals surface area (Å²) >= 11 is 0. The van der Waals surface area contributed by atoms with Crippen molar-refractivity contribution < 1.29 is 32.9 Å². The van der Waals surface area contributed by atoms with Gasteiger partial charge in [-0.1, -0.05) is 18.2 Å². The highest BCUT2D eigenvalue weighted by Crippen LogP contribution is 2.48. The van der Waals surface area contributed by atoms with Gasteiger partial charge >= 0.3 is 5.97 Å². The van der Waals surface area contributed by atoms with E-state index >= 15 is 0 Å². The fourth-order valence-corrected chi connectivity index (χ4v) is 4.62. The van der Waals surface area contributed by atoms with Crippen molar-refractivity contribution in [3.8, 4) is 39.9 Å². The predicted octanol–water partition coefficient (Wildman–Crippen LogP) is 4.94. The second-order valence-corrected chi connectivity index (χ2v) is 8.24. The highest BCUT2D eigenvalue weighted by Gasteiger charge is 2.35. The first-order valence-corrected chi connectivity index (χ1v) is 11.2. The minimum atomic E-state index is -0.481. The Morgan fingerprint density at radius 2 is 1.50 bits per heavy atom. The molecule has 0 unspecified atom stereocenters. The third-order valence-electron chi connectivity index (χ3n) is 6.39. The van der Waals surface area contributed by atoms with Crippen molar-refractivity contribution in [3.63, 3.8) is 0 Å². The molecule has 1 atom stereocenters. The van der Waals surface area contributed by atoms with Crippen LogP contribution in [0.1, 0.15) is 23.5 Å². The first-order chi connectivity index (χ1) is 17.5. The number of hydrogen-bond donors (Lipinski definition) is 0. The largest absolute Gasteiger partial charge is 0.497 e. The SMILES string of the molecule is COc1ccc(-c2coc3c4c(cc(OC)c3c2=O)OC(=O)C[C@H]4c2ccc(OC)cc2OC)cc1. The first-order valence-electron chi connectivity index (χ1n) is 11.2. The van der Waals surface area contributed by atoms with E-state index in [0.29, 0.717) is 39.5 Å². The molecule has 0 bridgehead atoms. The summed E-state index contributed by atoms with van der Waals surface area (Å²) in [4.78, 5) is 26.3. The molecular weight excluding hydrogens is 464 g/mol. The maximum absolute atomic E-state index is 13.7. The number of rotatable bonds is 6. The molecule has 1 aliphatic rings. The van der Waals surface area contributed by atoms with Gasteiger partial charge in [-0.15, -0.1) is 0 Å². The van der Waals surface area contributed by atoms with Crippen molar-refractivity contribution in [2.45, 2.75) is 12.3 Å². The van der Waals surface area contributed by atoms with E-state index in [1.54, 1.807) is 63.8 Å². The number of benzene rings is 3. The lowest BCUT2D eigenvalue weighted by Crippen LogP contribution is -2.22. The van der Waals surface area contributed by atoms with Gasteiger partial charge in [0, 0.05) is 29.2 Å². The monoisotopic (exact) mass is 488 g/mol. The molecule has 0 saturated carbocycles. The van der Waals surface area contributed by atoms with Crippen LogP contribution in [-0.4, -0.2) is 34.4 Å². The number of hydrogen-bond acceptors (Lipinski definition) is 8. The molecule has 2 heterocycles. The quantitative estimate of drug-likeness (QED) is 0.278. The molecule has 5 rings (SSSR count). The fraction of sp³-hybridized carbons (Fsp3) is 0.214. The van der Waals surface area contributed by atoms with Gasteiger partial charge in [0.05, 0.1) is 40.4 Å². The van der Waals surface area contributed by atoms with E-state index in [4.69, 9.17) is 28.1 Å². The number of esters is 1. The van der Waals surface area contributed by atoms with Gasteiger partial charge in [-0.3, -0.25) is 9.59 Å². The summed E-state index contributed by atoms with van der Waals surface area (Å²) in [5, 5.41) is 0.264. The first kappa shape index (κ1) is 23.3. The minimum absolute atomic E-state index is 0.0427.